The fraction of sp³-hybridized carbons (Fsp3) is 0.536. The number of anilines is 2. The number of carbonyl (C=O) groups is 1. The Balaban J connectivity index is 0.00000171. The molecule has 1 amide bonds. The van der Waals surface area contributed by atoms with Gasteiger partial charge in [-0.1, -0.05) is 42.8 Å². The highest BCUT2D eigenvalue weighted by Crippen LogP contribution is 2.36. The molecule has 192 valence electrons. The zero-order valence-electron chi connectivity index (χ0n) is 20.8. The topological polar surface area (TPSA) is 84.3 Å². The van der Waals surface area contributed by atoms with E-state index in [9.17, 15) is 4.79 Å². The van der Waals surface area contributed by atoms with E-state index in [4.69, 9.17) is 5.73 Å². The van der Waals surface area contributed by atoms with E-state index >= 15 is 0 Å². The number of rotatable bonds is 6. The summed E-state index contributed by atoms with van der Waals surface area (Å²) in [7, 11) is 0. The van der Waals surface area contributed by atoms with Crippen LogP contribution in [0.2, 0.25) is 0 Å². The molecule has 0 saturated carbocycles. The van der Waals surface area contributed by atoms with Crippen molar-refractivity contribution in [2.75, 3.05) is 44.2 Å². The number of nitrogens with two attached hydrogens (primary N) is 1. The molecule has 0 radical (unpaired) electrons. The maximum Gasteiger partial charge on any atom is 0.238 e. The van der Waals surface area contributed by atoms with Gasteiger partial charge in [0.2, 0.25) is 5.91 Å². The molecule has 5 rings (SSSR count). The van der Waals surface area contributed by atoms with Crippen LogP contribution in [0.5, 0.6) is 0 Å². The van der Waals surface area contributed by atoms with Gasteiger partial charge in [-0.05, 0) is 87.8 Å². The molecule has 0 aliphatic carbocycles. The second-order valence-corrected chi connectivity index (χ2v) is 10.0. The minimum absolute atomic E-state index is 0. The van der Waals surface area contributed by atoms with Crippen molar-refractivity contribution in [3.05, 3.63) is 59.7 Å². The molecule has 4 N–H and O–H groups in total. The van der Waals surface area contributed by atoms with Crippen LogP contribution in [0.4, 0.5) is 11.4 Å². The molecule has 0 spiro atoms. The number of para-hydroxylation sites is 2. The molecule has 0 unspecified atom stereocenters. The first-order chi connectivity index (χ1) is 16.2. The average Bonchev–Trinajstić information content (AvgIpc) is 3.02. The van der Waals surface area contributed by atoms with Gasteiger partial charge in [0.05, 0.1) is 0 Å². The maximum absolute atomic E-state index is 12.5. The summed E-state index contributed by atoms with van der Waals surface area (Å²) < 4.78 is 0. The third kappa shape index (κ3) is 5.67. The Bertz CT molecular complexity index is 923. The van der Waals surface area contributed by atoms with Crippen molar-refractivity contribution < 1.29 is 10.3 Å². The average molecular weight is 501 g/mol. The molecule has 2 aromatic rings. The first kappa shape index (κ1) is 27.5. The van der Waals surface area contributed by atoms with Gasteiger partial charge < -0.3 is 21.0 Å². The number of primary amides is 1. The molecule has 35 heavy (non-hydrogen) atoms. The lowest BCUT2D eigenvalue weighted by Gasteiger charge is -2.48. The maximum atomic E-state index is 12.5. The highest BCUT2D eigenvalue weighted by molar-refractivity contribution is 5.85. The summed E-state index contributed by atoms with van der Waals surface area (Å²) in [6.45, 7) is 6.06. The molecular weight excluding hydrogens is 460 g/mol. The number of carbonyl (C=O) groups excluding carboxylic acids is 1. The molecule has 2 saturated heterocycles. The van der Waals surface area contributed by atoms with Crippen LogP contribution in [0.1, 0.15) is 49.7 Å². The van der Waals surface area contributed by atoms with Crippen molar-refractivity contribution in [1.29, 1.82) is 0 Å². The minimum atomic E-state index is -0.417. The summed E-state index contributed by atoms with van der Waals surface area (Å²) in [5, 5.41) is 0. The fourth-order valence-electron chi connectivity index (χ4n) is 6.25. The molecule has 2 aromatic carbocycles. The first-order valence-corrected chi connectivity index (χ1v) is 12.9. The largest absolute Gasteiger partial charge is 0.412 e. The second kappa shape index (κ2) is 12.2. The van der Waals surface area contributed by atoms with Crippen LogP contribution >= 0.6 is 12.4 Å². The lowest BCUT2D eigenvalue weighted by molar-refractivity contribution is -0.134. The van der Waals surface area contributed by atoms with E-state index in [1.54, 1.807) is 0 Å². The highest BCUT2D eigenvalue weighted by Gasteiger charge is 2.44. The summed E-state index contributed by atoms with van der Waals surface area (Å²) in [5.41, 5.74) is 11.2. The van der Waals surface area contributed by atoms with Crippen LogP contribution in [-0.2, 0) is 17.6 Å². The van der Waals surface area contributed by atoms with Crippen LogP contribution < -0.4 is 10.6 Å². The van der Waals surface area contributed by atoms with Crippen molar-refractivity contribution in [1.82, 2.24) is 9.80 Å². The number of amides is 1. The second-order valence-electron chi connectivity index (χ2n) is 10.0. The number of fused-ring (bicyclic) bond motifs is 2. The Kier molecular flexibility index (Phi) is 9.59. The van der Waals surface area contributed by atoms with Gasteiger partial charge in [0.15, 0.2) is 0 Å². The third-order valence-corrected chi connectivity index (χ3v) is 8.19. The van der Waals surface area contributed by atoms with E-state index in [1.165, 1.54) is 41.8 Å². The highest BCUT2D eigenvalue weighted by atomic mass is 35.5. The Labute approximate surface area is 216 Å². The molecule has 2 fully saturated rings. The molecule has 6 nitrogen and oxygen atoms in total. The van der Waals surface area contributed by atoms with Crippen molar-refractivity contribution in [3.63, 3.8) is 0 Å². The predicted octanol–water partition coefficient (Wildman–Crippen LogP) is 3.72. The molecule has 0 aromatic heterocycles. The van der Waals surface area contributed by atoms with Gasteiger partial charge in [0.1, 0.15) is 5.54 Å². The lowest BCUT2D eigenvalue weighted by Crippen LogP contribution is -2.63. The monoisotopic (exact) mass is 500 g/mol. The Hall–Kier alpha value is -2.12. The molecule has 3 aliphatic rings. The standard InChI is InChI=1S/C28H38N4O.ClH.H2O/c29-27(33)28(31-18-6-1-7-19-31)15-21-30(22-16-28)17-8-20-32-25-11-4-2-9-23(25)13-14-24-10-3-5-12-26(24)32;;/h2-5,9-12H,1,6-8,13-22H2,(H2,29,33);1H;1H2. The minimum Gasteiger partial charge on any atom is -0.412 e. The predicted molar refractivity (Wildman–Crippen MR) is 146 cm³/mol. The molecule has 0 atom stereocenters. The normalized spacial score (nSPS) is 19.9. The van der Waals surface area contributed by atoms with Crippen LogP contribution in [-0.4, -0.2) is 66.0 Å². The number of benzene rings is 2. The molecule has 7 heteroatoms. The lowest BCUT2D eigenvalue weighted by atomic mass is 9.83. The number of aryl methyl sites for hydroxylation is 2. The van der Waals surface area contributed by atoms with E-state index in [0.717, 1.165) is 71.4 Å². The zero-order chi connectivity index (χ0) is 22.7. The van der Waals surface area contributed by atoms with E-state index in [2.05, 4.69) is 63.2 Å². The SMILES string of the molecule is Cl.NC(=O)C1(N2CCCCC2)CCN(CCCN2c3ccccc3CCc3ccccc32)CC1.O. The van der Waals surface area contributed by atoms with Crippen LogP contribution in [0.15, 0.2) is 48.5 Å². The van der Waals surface area contributed by atoms with E-state index in [-0.39, 0.29) is 23.8 Å². The van der Waals surface area contributed by atoms with Crippen LogP contribution in [0.3, 0.4) is 0 Å². The number of hydrogen-bond donors (Lipinski definition) is 1. The Morgan fingerprint density at radius 2 is 1.34 bits per heavy atom. The summed E-state index contributed by atoms with van der Waals surface area (Å²) in [5.74, 6) is -0.109. The number of nitrogens with zero attached hydrogens (tertiary/aromatic N) is 3. The fourth-order valence-corrected chi connectivity index (χ4v) is 6.25. The van der Waals surface area contributed by atoms with E-state index in [1.807, 2.05) is 0 Å². The van der Waals surface area contributed by atoms with Crippen molar-refractivity contribution >= 4 is 29.7 Å². The third-order valence-electron chi connectivity index (χ3n) is 8.19. The van der Waals surface area contributed by atoms with Gasteiger partial charge in [-0.3, -0.25) is 9.69 Å². The van der Waals surface area contributed by atoms with Crippen molar-refractivity contribution in [3.8, 4) is 0 Å². The van der Waals surface area contributed by atoms with Gasteiger partial charge in [-0.25, -0.2) is 0 Å². The van der Waals surface area contributed by atoms with Crippen LogP contribution in [0, 0.1) is 0 Å². The summed E-state index contributed by atoms with van der Waals surface area (Å²) in [4.78, 5) is 20.0. The number of piperidine rings is 2. The van der Waals surface area contributed by atoms with Gasteiger partial charge in [0.25, 0.3) is 0 Å². The quantitative estimate of drug-likeness (QED) is 0.655. The number of halogens is 1. The summed E-state index contributed by atoms with van der Waals surface area (Å²) in [6.07, 6.45) is 8.71. The van der Waals surface area contributed by atoms with Crippen LogP contribution in [0.25, 0.3) is 0 Å². The first-order valence-electron chi connectivity index (χ1n) is 12.9. The molecule has 3 aliphatic heterocycles. The zero-order valence-corrected chi connectivity index (χ0v) is 21.6. The van der Waals surface area contributed by atoms with E-state index in [0.29, 0.717) is 0 Å². The van der Waals surface area contributed by atoms with E-state index < -0.39 is 5.54 Å². The van der Waals surface area contributed by atoms with Crippen molar-refractivity contribution in [2.24, 2.45) is 5.73 Å². The van der Waals surface area contributed by atoms with Gasteiger partial charge in [-0.15, -0.1) is 12.4 Å². The molecule has 3 heterocycles. The van der Waals surface area contributed by atoms with Gasteiger partial charge in [-0.2, -0.15) is 0 Å². The smallest absolute Gasteiger partial charge is 0.238 e. The molecule has 0 bridgehead atoms. The number of likely N-dealkylation sites (tertiary alicyclic amines) is 2. The molecular formula is C28H41ClN4O2. The summed E-state index contributed by atoms with van der Waals surface area (Å²) >= 11 is 0. The Morgan fingerprint density at radius 1 is 0.800 bits per heavy atom. The summed E-state index contributed by atoms with van der Waals surface area (Å²) in [6, 6.07) is 17.8. The van der Waals surface area contributed by atoms with Crippen molar-refractivity contribution in [2.45, 2.75) is 56.9 Å². The Morgan fingerprint density at radius 3 is 1.89 bits per heavy atom. The number of hydrogen-bond acceptors (Lipinski definition) is 4. The van der Waals surface area contributed by atoms with Gasteiger partial charge >= 0.3 is 0 Å². The van der Waals surface area contributed by atoms with Gasteiger partial charge in [0, 0.05) is 31.0 Å².